The molecule has 2 aromatic carbocycles. The van der Waals surface area contributed by atoms with E-state index in [1.165, 1.54) is 11.6 Å². The van der Waals surface area contributed by atoms with E-state index in [2.05, 4.69) is 27.4 Å². The molecule has 3 aromatic rings. The van der Waals surface area contributed by atoms with Crippen molar-refractivity contribution < 1.29 is 18.0 Å². The number of nitrogens with zero attached hydrogens (tertiary/aromatic N) is 4. The molecule has 0 radical (unpaired) electrons. The molecule has 11 heteroatoms. The highest BCUT2D eigenvalue weighted by Gasteiger charge is 2.47. The zero-order chi connectivity index (χ0) is 25.4. The van der Waals surface area contributed by atoms with Crippen molar-refractivity contribution >= 4 is 34.9 Å². The zero-order valence-electron chi connectivity index (χ0n) is 19.2. The van der Waals surface area contributed by atoms with Gasteiger partial charge in [0.05, 0.1) is 16.1 Å². The quantitative estimate of drug-likeness (QED) is 0.456. The summed E-state index contributed by atoms with van der Waals surface area (Å²) in [5, 5.41) is 7.79. The standard InChI is InChI=1S/C25H24Cl2F3N5O/c26-18-7-6-17(12-19(18)27)20-13-22(25(28,29)30)35-23(31-20)14-21(32-35)24(36)34-10-8-33(9-11-34)15-16-4-2-1-3-5-16/h1-7,12,14,20,22,31H,8-11,13,15H2/t20-,22-/m1/s1. The van der Waals surface area contributed by atoms with Crippen molar-refractivity contribution in [2.75, 3.05) is 31.5 Å². The normalized spacial score (nSPS) is 20.6. The lowest BCUT2D eigenvalue weighted by atomic mass is 9.97. The first-order valence-electron chi connectivity index (χ1n) is 11.6. The van der Waals surface area contributed by atoms with Gasteiger partial charge >= 0.3 is 6.18 Å². The number of hydrogen-bond donors (Lipinski definition) is 1. The summed E-state index contributed by atoms with van der Waals surface area (Å²) in [6, 6.07) is 13.7. The Bertz CT molecular complexity index is 1240. The third kappa shape index (κ3) is 5.19. The molecule has 2 aliphatic rings. The van der Waals surface area contributed by atoms with Crippen LogP contribution >= 0.6 is 23.2 Å². The van der Waals surface area contributed by atoms with E-state index in [0.717, 1.165) is 11.2 Å². The van der Waals surface area contributed by atoms with Crippen LogP contribution in [0.5, 0.6) is 0 Å². The molecule has 1 amide bonds. The number of amides is 1. The number of carbonyl (C=O) groups excluding carboxylic acids is 1. The van der Waals surface area contributed by atoms with Gasteiger partial charge in [0.2, 0.25) is 0 Å². The molecule has 2 atom stereocenters. The van der Waals surface area contributed by atoms with Crippen LogP contribution in [-0.4, -0.2) is 57.8 Å². The molecular formula is C25H24Cl2F3N5O. The molecule has 1 saturated heterocycles. The topological polar surface area (TPSA) is 53.4 Å². The Kier molecular flexibility index (Phi) is 6.89. The minimum Gasteiger partial charge on any atom is -0.363 e. The van der Waals surface area contributed by atoms with E-state index < -0.39 is 18.3 Å². The number of fused-ring (bicyclic) bond motifs is 1. The largest absolute Gasteiger partial charge is 0.410 e. The molecule has 1 N–H and O–H groups in total. The highest BCUT2D eigenvalue weighted by Crippen LogP contribution is 2.44. The average molecular weight is 538 g/mol. The third-order valence-corrected chi connectivity index (χ3v) is 7.40. The lowest BCUT2D eigenvalue weighted by Crippen LogP contribution is -2.48. The van der Waals surface area contributed by atoms with Gasteiger partial charge < -0.3 is 10.2 Å². The summed E-state index contributed by atoms with van der Waals surface area (Å²) >= 11 is 12.1. The Hall–Kier alpha value is -2.75. The van der Waals surface area contributed by atoms with Gasteiger partial charge in [-0.2, -0.15) is 18.3 Å². The summed E-state index contributed by atoms with van der Waals surface area (Å²) in [6.07, 6.45) is -4.83. The van der Waals surface area contributed by atoms with Crippen molar-refractivity contribution in [1.82, 2.24) is 19.6 Å². The second-order valence-corrected chi connectivity index (χ2v) is 9.89. The third-order valence-electron chi connectivity index (χ3n) is 6.66. The van der Waals surface area contributed by atoms with Gasteiger partial charge in [-0.05, 0) is 23.3 Å². The van der Waals surface area contributed by atoms with Crippen LogP contribution in [0.25, 0.3) is 0 Å². The van der Waals surface area contributed by atoms with Gasteiger partial charge in [0.1, 0.15) is 5.82 Å². The van der Waals surface area contributed by atoms with Crippen molar-refractivity contribution in [1.29, 1.82) is 0 Å². The molecule has 0 aliphatic carbocycles. The zero-order valence-corrected chi connectivity index (χ0v) is 20.7. The van der Waals surface area contributed by atoms with Gasteiger partial charge in [-0.3, -0.25) is 9.69 Å². The van der Waals surface area contributed by atoms with Gasteiger partial charge in [-0.15, -0.1) is 0 Å². The van der Waals surface area contributed by atoms with E-state index in [0.29, 0.717) is 36.8 Å². The van der Waals surface area contributed by atoms with Gasteiger partial charge in [0, 0.05) is 45.2 Å². The van der Waals surface area contributed by atoms with E-state index in [-0.39, 0.29) is 28.9 Å². The van der Waals surface area contributed by atoms with Crippen molar-refractivity contribution in [3.05, 3.63) is 81.5 Å². The number of nitrogens with one attached hydrogen (secondary N) is 1. The Morgan fingerprint density at radius 3 is 2.39 bits per heavy atom. The molecule has 0 bridgehead atoms. The van der Waals surface area contributed by atoms with Crippen molar-refractivity contribution in [3.8, 4) is 0 Å². The molecule has 3 heterocycles. The first-order chi connectivity index (χ1) is 17.2. The summed E-state index contributed by atoms with van der Waals surface area (Å²) in [5.74, 6) is -0.226. The SMILES string of the molecule is O=C(c1cc2n(n1)[C@@H](C(F)(F)F)C[C@H](c1ccc(Cl)c(Cl)c1)N2)N1CCN(Cc2ccccc2)CC1. The van der Waals surface area contributed by atoms with Crippen LogP contribution in [0, 0.1) is 0 Å². The fraction of sp³-hybridized carbons (Fsp3) is 0.360. The van der Waals surface area contributed by atoms with Crippen LogP contribution in [0.3, 0.4) is 0 Å². The predicted molar refractivity (Wildman–Crippen MR) is 132 cm³/mol. The number of anilines is 1. The molecule has 0 saturated carbocycles. The van der Waals surface area contributed by atoms with E-state index in [1.807, 2.05) is 18.2 Å². The lowest BCUT2D eigenvalue weighted by Gasteiger charge is -2.34. The van der Waals surface area contributed by atoms with Crippen LogP contribution in [0.15, 0.2) is 54.6 Å². The van der Waals surface area contributed by atoms with Crippen LogP contribution in [-0.2, 0) is 6.54 Å². The Morgan fingerprint density at radius 2 is 1.72 bits per heavy atom. The van der Waals surface area contributed by atoms with Gasteiger partial charge in [0.15, 0.2) is 11.7 Å². The van der Waals surface area contributed by atoms with Gasteiger partial charge in [-0.1, -0.05) is 59.6 Å². The summed E-state index contributed by atoms with van der Waals surface area (Å²) in [6.45, 7) is 3.11. The predicted octanol–water partition coefficient (Wildman–Crippen LogP) is 5.81. The van der Waals surface area contributed by atoms with Crippen molar-refractivity contribution in [3.63, 3.8) is 0 Å². The molecule has 5 rings (SSSR count). The van der Waals surface area contributed by atoms with Crippen LogP contribution in [0.2, 0.25) is 10.0 Å². The number of aromatic nitrogens is 2. The number of carbonyl (C=O) groups is 1. The summed E-state index contributed by atoms with van der Waals surface area (Å²) in [5.41, 5.74) is 1.77. The van der Waals surface area contributed by atoms with E-state index in [4.69, 9.17) is 23.2 Å². The lowest BCUT2D eigenvalue weighted by molar-refractivity contribution is -0.173. The highest BCUT2D eigenvalue weighted by molar-refractivity contribution is 6.42. The first-order valence-corrected chi connectivity index (χ1v) is 12.4. The smallest absolute Gasteiger partial charge is 0.363 e. The summed E-state index contributed by atoms with van der Waals surface area (Å²) in [4.78, 5) is 17.1. The molecular weight excluding hydrogens is 514 g/mol. The van der Waals surface area contributed by atoms with Gasteiger partial charge in [0.25, 0.3) is 5.91 Å². The van der Waals surface area contributed by atoms with Crippen LogP contribution < -0.4 is 5.32 Å². The molecule has 0 unspecified atom stereocenters. The Balaban J connectivity index is 1.32. The van der Waals surface area contributed by atoms with Crippen LogP contribution in [0.4, 0.5) is 19.0 Å². The molecule has 1 aromatic heterocycles. The minimum atomic E-state index is -4.54. The summed E-state index contributed by atoms with van der Waals surface area (Å²) in [7, 11) is 0. The van der Waals surface area contributed by atoms with E-state index in [9.17, 15) is 18.0 Å². The fourth-order valence-corrected chi connectivity index (χ4v) is 5.04. The number of halogens is 5. The molecule has 190 valence electrons. The van der Waals surface area contributed by atoms with E-state index in [1.54, 1.807) is 23.1 Å². The molecule has 6 nitrogen and oxygen atoms in total. The number of hydrogen-bond acceptors (Lipinski definition) is 4. The Morgan fingerprint density at radius 1 is 1.00 bits per heavy atom. The van der Waals surface area contributed by atoms with Crippen molar-refractivity contribution in [2.24, 2.45) is 0 Å². The fourth-order valence-electron chi connectivity index (χ4n) is 4.74. The minimum absolute atomic E-state index is 0.00181. The number of rotatable bonds is 4. The maximum absolute atomic E-state index is 14.0. The molecule has 2 aliphatic heterocycles. The van der Waals surface area contributed by atoms with Gasteiger partial charge in [-0.25, -0.2) is 4.68 Å². The number of alkyl halides is 3. The number of benzene rings is 2. The van der Waals surface area contributed by atoms with E-state index >= 15 is 0 Å². The van der Waals surface area contributed by atoms with Crippen molar-refractivity contribution in [2.45, 2.75) is 31.2 Å². The summed E-state index contributed by atoms with van der Waals surface area (Å²) < 4.78 is 42.9. The Labute approximate surface area is 216 Å². The second-order valence-electron chi connectivity index (χ2n) is 9.08. The maximum Gasteiger partial charge on any atom is 0.410 e. The average Bonchev–Trinajstić information content (AvgIpc) is 3.29. The number of piperazine rings is 1. The monoisotopic (exact) mass is 537 g/mol. The first kappa shape index (κ1) is 24.9. The maximum atomic E-state index is 14.0. The molecule has 0 spiro atoms. The molecule has 36 heavy (non-hydrogen) atoms. The second kappa shape index (κ2) is 9.95. The highest BCUT2D eigenvalue weighted by atomic mass is 35.5. The van der Waals surface area contributed by atoms with Crippen LogP contribution in [0.1, 0.15) is 40.1 Å². The molecule has 1 fully saturated rings.